The molecule has 6 nitrogen and oxygen atoms in total. The number of ether oxygens (including phenoxy) is 1. The summed E-state index contributed by atoms with van der Waals surface area (Å²) in [6.45, 7) is 8.69. The van der Waals surface area contributed by atoms with Crippen molar-refractivity contribution in [2.75, 3.05) is 18.4 Å². The fourth-order valence-corrected chi connectivity index (χ4v) is 1.38. The minimum absolute atomic E-state index is 0.386. The first-order chi connectivity index (χ1) is 8.88. The van der Waals surface area contributed by atoms with Gasteiger partial charge in [0.25, 0.3) is 0 Å². The second-order valence-electron chi connectivity index (χ2n) is 5.20. The molecule has 0 bridgehead atoms. The van der Waals surface area contributed by atoms with Gasteiger partial charge in [-0.2, -0.15) is 0 Å². The molecule has 2 N–H and O–H groups in total. The Morgan fingerprint density at radius 3 is 2.58 bits per heavy atom. The Morgan fingerprint density at radius 2 is 1.95 bits per heavy atom. The van der Waals surface area contributed by atoms with Crippen molar-refractivity contribution in [3.63, 3.8) is 0 Å². The molecule has 19 heavy (non-hydrogen) atoms. The Labute approximate surface area is 114 Å². The zero-order valence-corrected chi connectivity index (χ0v) is 12.0. The van der Waals surface area contributed by atoms with Gasteiger partial charge < -0.3 is 15.4 Å². The van der Waals surface area contributed by atoms with Crippen LogP contribution in [0.1, 0.15) is 32.9 Å². The normalized spacial score (nSPS) is 10.9. The van der Waals surface area contributed by atoms with Gasteiger partial charge in [-0.1, -0.05) is 0 Å². The van der Waals surface area contributed by atoms with Crippen molar-refractivity contribution < 1.29 is 9.53 Å². The second kappa shape index (κ2) is 6.92. The molecule has 1 aromatic heterocycles. The third-order valence-electron chi connectivity index (χ3n) is 2.20. The number of nitrogens with zero attached hydrogens (tertiary/aromatic N) is 2. The number of carbonyl (C=O) groups excluding carboxylic acids is 1. The number of carbonyl (C=O) groups is 1. The summed E-state index contributed by atoms with van der Waals surface area (Å²) >= 11 is 0. The van der Waals surface area contributed by atoms with Crippen LogP contribution in [0.25, 0.3) is 0 Å². The summed E-state index contributed by atoms with van der Waals surface area (Å²) in [5, 5.41) is 5.87. The molecule has 0 fully saturated rings. The summed E-state index contributed by atoms with van der Waals surface area (Å²) in [4.78, 5) is 19.7. The Bertz CT molecular complexity index is 415. The molecule has 1 amide bonds. The van der Waals surface area contributed by atoms with E-state index in [2.05, 4.69) is 20.6 Å². The zero-order valence-electron chi connectivity index (χ0n) is 12.0. The van der Waals surface area contributed by atoms with E-state index in [4.69, 9.17) is 4.74 Å². The summed E-state index contributed by atoms with van der Waals surface area (Å²) in [7, 11) is 0. The fourth-order valence-electron chi connectivity index (χ4n) is 1.38. The van der Waals surface area contributed by atoms with Crippen molar-refractivity contribution >= 4 is 11.9 Å². The van der Waals surface area contributed by atoms with Crippen LogP contribution in [-0.4, -0.2) is 34.8 Å². The highest BCUT2D eigenvalue weighted by Gasteiger charge is 2.15. The standard InChI is InChI=1S/C13H22N4O2/c1-10-11(16-9-8-14-10)15-6-5-7-17-12(18)19-13(2,3)4/h8-9H,5-7H2,1-4H3,(H,15,16)(H,17,18). The highest BCUT2D eigenvalue weighted by molar-refractivity contribution is 5.67. The largest absolute Gasteiger partial charge is 0.444 e. The molecule has 0 saturated carbocycles. The van der Waals surface area contributed by atoms with Crippen LogP contribution in [0.5, 0.6) is 0 Å². The molecular formula is C13H22N4O2. The molecule has 0 spiro atoms. The number of alkyl carbamates (subject to hydrolysis) is 1. The third kappa shape index (κ3) is 6.59. The van der Waals surface area contributed by atoms with Crippen molar-refractivity contribution in [2.24, 2.45) is 0 Å². The summed E-state index contributed by atoms with van der Waals surface area (Å²) in [5.41, 5.74) is 0.404. The quantitative estimate of drug-likeness (QED) is 0.798. The summed E-state index contributed by atoms with van der Waals surface area (Å²) in [6, 6.07) is 0. The number of hydrogen-bond donors (Lipinski definition) is 2. The van der Waals surface area contributed by atoms with E-state index >= 15 is 0 Å². The van der Waals surface area contributed by atoms with E-state index in [1.165, 1.54) is 0 Å². The molecule has 0 aromatic carbocycles. The lowest BCUT2D eigenvalue weighted by molar-refractivity contribution is 0.0528. The van der Waals surface area contributed by atoms with Crippen LogP contribution in [0.4, 0.5) is 10.6 Å². The van der Waals surface area contributed by atoms with Crippen LogP contribution in [-0.2, 0) is 4.74 Å². The Balaban J connectivity index is 2.15. The first-order valence-electron chi connectivity index (χ1n) is 6.37. The van der Waals surface area contributed by atoms with E-state index in [0.29, 0.717) is 6.54 Å². The first kappa shape index (κ1) is 15.2. The predicted octanol–water partition coefficient (Wildman–Crippen LogP) is 2.11. The fraction of sp³-hybridized carbons (Fsp3) is 0.615. The number of aryl methyl sites for hydroxylation is 1. The predicted molar refractivity (Wildman–Crippen MR) is 74.1 cm³/mol. The molecule has 106 valence electrons. The van der Waals surface area contributed by atoms with Gasteiger partial charge in [-0.25, -0.2) is 9.78 Å². The van der Waals surface area contributed by atoms with Gasteiger partial charge in [-0.3, -0.25) is 4.98 Å². The number of rotatable bonds is 5. The van der Waals surface area contributed by atoms with E-state index in [1.54, 1.807) is 12.4 Å². The number of nitrogens with one attached hydrogen (secondary N) is 2. The van der Waals surface area contributed by atoms with E-state index in [9.17, 15) is 4.79 Å². The van der Waals surface area contributed by atoms with Gasteiger partial charge in [-0.05, 0) is 34.1 Å². The third-order valence-corrected chi connectivity index (χ3v) is 2.20. The van der Waals surface area contributed by atoms with Gasteiger partial charge in [-0.15, -0.1) is 0 Å². The van der Waals surface area contributed by atoms with E-state index in [-0.39, 0.29) is 6.09 Å². The van der Waals surface area contributed by atoms with Gasteiger partial charge in [0.05, 0.1) is 5.69 Å². The lowest BCUT2D eigenvalue weighted by Gasteiger charge is -2.19. The molecule has 0 aliphatic heterocycles. The van der Waals surface area contributed by atoms with Crippen LogP contribution in [0.3, 0.4) is 0 Å². The smallest absolute Gasteiger partial charge is 0.407 e. The van der Waals surface area contributed by atoms with Crippen molar-refractivity contribution in [1.29, 1.82) is 0 Å². The maximum absolute atomic E-state index is 11.4. The van der Waals surface area contributed by atoms with Crippen LogP contribution >= 0.6 is 0 Å². The number of aromatic nitrogens is 2. The molecule has 0 aliphatic carbocycles. The van der Waals surface area contributed by atoms with Gasteiger partial charge in [0, 0.05) is 25.5 Å². The topological polar surface area (TPSA) is 76.1 Å². The highest BCUT2D eigenvalue weighted by Crippen LogP contribution is 2.07. The zero-order chi connectivity index (χ0) is 14.3. The number of anilines is 1. The molecular weight excluding hydrogens is 244 g/mol. The van der Waals surface area contributed by atoms with Crippen molar-refractivity contribution in [3.8, 4) is 0 Å². The molecule has 0 unspecified atom stereocenters. The monoisotopic (exact) mass is 266 g/mol. The van der Waals surface area contributed by atoms with Crippen LogP contribution in [0.15, 0.2) is 12.4 Å². The average molecular weight is 266 g/mol. The van der Waals surface area contributed by atoms with Crippen molar-refractivity contribution in [2.45, 2.75) is 39.7 Å². The summed E-state index contributed by atoms with van der Waals surface area (Å²) in [6.07, 6.45) is 3.71. The van der Waals surface area contributed by atoms with Crippen molar-refractivity contribution in [1.82, 2.24) is 15.3 Å². The number of hydrogen-bond acceptors (Lipinski definition) is 5. The Kier molecular flexibility index (Phi) is 5.54. The maximum Gasteiger partial charge on any atom is 0.407 e. The molecule has 1 heterocycles. The van der Waals surface area contributed by atoms with Gasteiger partial charge in [0.15, 0.2) is 0 Å². The molecule has 0 atom stereocenters. The van der Waals surface area contributed by atoms with Gasteiger partial charge in [0.1, 0.15) is 11.4 Å². The lowest BCUT2D eigenvalue weighted by atomic mass is 10.2. The SMILES string of the molecule is Cc1nccnc1NCCCNC(=O)OC(C)(C)C. The Hall–Kier alpha value is -1.85. The maximum atomic E-state index is 11.4. The first-order valence-corrected chi connectivity index (χ1v) is 6.37. The van der Waals surface area contributed by atoms with Crippen LogP contribution in [0.2, 0.25) is 0 Å². The highest BCUT2D eigenvalue weighted by atomic mass is 16.6. The van der Waals surface area contributed by atoms with E-state index in [1.807, 2.05) is 27.7 Å². The average Bonchev–Trinajstić information content (AvgIpc) is 2.28. The lowest BCUT2D eigenvalue weighted by Crippen LogP contribution is -2.33. The molecule has 1 rings (SSSR count). The molecule has 1 aromatic rings. The van der Waals surface area contributed by atoms with Crippen LogP contribution < -0.4 is 10.6 Å². The Morgan fingerprint density at radius 1 is 1.26 bits per heavy atom. The van der Waals surface area contributed by atoms with Crippen molar-refractivity contribution in [3.05, 3.63) is 18.1 Å². The van der Waals surface area contributed by atoms with Gasteiger partial charge in [0.2, 0.25) is 0 Å². The molecule has 0 aliphatic rings. The van der Waals surface area contributed by atoms with E-state index < -0.39 is 5.60 Å². The molecule has 6 heteroatoms. The molecule has 0 saturated heterocycles. The van der Waals surface area contributed by atoms with E-state index in [0.717, 1.165) is 24.5 Å². The summed E-state index contributed by atoms with van der Waals surface area (Å²) in [5.74, 6) is 0.778. The van der Waals surface area contributed by atoms with Gasteiger partial charge >= 0.3 is 6.09 Å². The minimum atomic E-state index is -0.459. The van der Waals surface area contributed by atoms with Crippen LogP contribution in [0, 0.1) is 6.92 Å². The minimum Gasteiger partial charge on any atom is -0.444 e. The second-order valence-corrected chi connectivity index (χ2v) is 5.20. The summed E-state index contributed by atoms with van der Waals surface area (Å²) < 4.78 is 5.13. The molecule has 0 radical (unpaired) electrons. The number of amides is 1.